The molecule has 0 fully saturated rings. The normalized spacial score (nSPS) is 11.4. The monoisotopic (exact) mass is 344 g/mol. The standard InChI is InChI=1S/C10H8F3IO2/c1-5(15)6-3-4-7(14)9(16-2)8(6)10(11,12)13/h3-4H,1-2H3. The lowest BCUT2D eigenvalue weighted by molar-refractivity contribution is -0.139. The van der Waals surface area contributed by atoms with Crippen LogP contribution < -0.4 is 4.74 Å². The van der Waals surface area contributed by atoms with Crippen LogP contribution >= 0.6 is 22.6 Å². The summed E-state index contributed by atoms with van der Waals surface area (Å²) in [5.74, 6) is -0.942. The van der Waals surface area contributed by atoms with Crippen molar-refractivity contribution in [2.24, 2.45) is 0 Å². The summed E-state index contributed by atoms with van der Waals surface area (Å²) in [5, 5.41) is 0. The fourth-order valence-electron chi connectivity index (χ4n) is 1.33. The molecule has 16 heavy (non-hydrogen) atoms. The van der Waals surface area contributed by atoms with Crippen LogP contribution in [0.15, 0.2) is 12.1 Å². The van der Waals surface area contributed by atoms with Crippen LogP contribution in [-0.2, 0) is 6.18 Å². The molecule has 0 radical (unpaired) electrons. The van der Waals surface area contributed by atoms with Gasteiger partial charge in [0.05, 0.1) is 10.7 Å². The molecule has 0 amide bonds. The van der Waals surface area contributed by atoms with Gasteiger partial charge < -0.3 is 4.74 Å². The van der Waals surface area contributed by atoms with E-state index in [0.29, 0.717) is 3.57 Å². The first-order chi connectivity index (χ1) is 7.29. The minimum atomic E-state index is -4.60. The highest BCUT2D eigenvalue weighted by molar-refractivity contribution is 14.1. The number of hydrogen-bond acceptors (Lipinski definition) is 2. The van der Waals surface area contributed by atoms with Gasteiger partial charge in [0.15, 0.2) is 5.78 Å². The van der Waals surface area contributed by atoms with Crippen molar-refractivity contribution in [1.29, 1.82) is 0 Å². The lowest BCUT2D eigenvalue weighted by Gasteiger charge is -2.16. The number of hydrogen-bond donors (Lipinski definition) is 0. The van der Waals surface area contributed by atoms with Crippen LogP contribution in [0.2, 0.25) is 0 Å². The van der Waals surface area contributed by atoms with E-state index in [0.717, 1.165) is 20.1 Å². The number of alkyl halides is 3. The topological polar surface area (TPSA) is 26.3 Å². The third kappa shape index (κ3) is 2.47. The molecular weight excluding hydrogens is 336 g/mol. The van der Waals surface area contributed by atoms with Crippen molar-refractivity contribution in [2.75, 3.05) is 7.11 Å². The second kappa shape index (κ2) is 4.60. The highest BCUT2D eigenvalue weighted by atomic mass is 127. The fourth-order valence-corrected chi connectivity index (χ4v) is 2.00. The summed E-state index contributed by atoms with van der Waals surface area (Å²) in [7, 11) is 1.15. The summed E-state index contributed by atoms with van der Waals surface area (Å²) in [5.41, 5.74) is -1.38. The molecule has 0 saturated heterocycles. The molecule has 0 aromatic heterocycles. The van der Waals surface area contributed by atoms with Crippen molar-refractivity contribution in [3.63, 3.8) is 0 Å². The van der Waals surface area contributed by atoms with E-state index < -0.39 is 17.5 Å². The second-order valence-electron chi connectivity index (χ2n) is 3.06. The maximum absolute atomic E-state index is 12.8. The molecule has 0 aliphatic heterocycles. The molecule has 0 saturated carbocycles. The number of ketones is 1. The van der Waals surface area contributed by atoms with Crippen molar-refractivity contribution in [1.82, 2.24) is 0 Å². The van der Waals surface area contributed by atoms with E-state index in [1.807, 2.05) is 0 Å². The van der Waals surface area contributed by atoms with Gasteiger partial charge in [-0.05, 0) is 41.6 Å². The smallest absolute Gasteiger partial charge is 0.420 e. The first-order valence-corrected chi connectivity index (χ1v) is 5.31. The van der Waals surface area contributed by atoms with E-state index in [2.05, 4.69) is 0 Å². The molecule has 0 heterocycles. The lowest BCUT2D eigenvalue weighted by Crippen LogP contribution is -2.14. The van der Waals surface area contributed by atoms with Crippen molar-refractivity contribution in [3.8, 4) is 5.75 Å². The number of ether oxygens (including phenoxy) is 1. The molecule has 0 atom stereocenters. The Morgan fingerprint density at radius 1 is 1.38 bits per heavy atom. The lowest BCUT2D eigenvalue weighted by atomic mass is 10.0. The van der Waals surface area contributed by atoms with E-state index in [1.54, 1.807) is 22.6 Å². The van der Waals surface area contributed by atoms with Crippen LogP contribution in [0.5, 0.6) is 5.75 Å². The third-order valence-corrected chi connectivity index (χ3v) is 2.83. The van der Waals surface area contributed by atoms with Crippen LogP contribution in [0, 0.1) is 3.57 Å². The predicted octanol–water partition coefficient (Wildman–Crippen LogP) is 3.52. The van der Waals surface area contributed by atoms with Crippen LogP contribution in [0.3, 0.4) is 0 Å². The van der Waals surface area contributed by atoms with E-state index in [-0.39, 0.29) is 11.3 Å². The van der Waals surface area contributed by atoms with Crippen LogP contribution in [-0.4, -0.2) is 12.9 Å². The number of methoxy groups -OCH3 is 1. The van der Waals surface area contributed by atoms with E-state index in [1.165, 1.54) is 6.07 Å². The largest absolute Gasteiger partial charge is 0.495 e. The van der Waals surface area contributed by atoms with Gasteiger partial charge in [0, 0.05) is 5.56 Å². The van der Waals surface area contributed by atoms with Crippen molar-refractivity contribution in [2.45, 2.75) is 13.1 Å². The summed E-state index contributed by atoms with van der Waals surface area (Å²) >= 11 is 1.73. The summed E-state index contributed by atoms with van der Waals surface area (Å²) in [4.78, 5) is 11.1. The Kier molecular flexibility index (Phi) is 3.82. The first kappa shape index (κ1) is 13.3. The molecule has 0 N–H and O–H groups in total. The Balaban J connectivity index is 3.61. The maximum Gasteiger partial charge on any atom is 0.420 e. The van der Waals surface area contributed by atoms with E-state index in [4.69, 9.17) is 4.74 Å². The minimum Gasteiger partial charge on any atom is -0.495 e. The second-order valence-corrected chi connectivity index (χ2v) is 4.22. The molecule has 0 spiro atoms. The molecule has 1 rings (SSSR count). The van der Waals surface area contributed by atoms with Gasteiger partial charge in [-0.2, -0.15) is 13.2 Å². The fraction of sp³-hybridized carbons (Fsp3) is 0.300. The number of carbonyl (C=O) groups is 1. The SMILES string of the molecule is COc1c(I)ccc(C(C)=O)c1C(F)(F)F. The summed E-state index contributed by atoms with van der Waals surface area (Å²) < 4.78 is 43.4. The Hall–Kier alpha value is -0.790. The number of benzene rings is 1. The van der Waals surface area contributed by atoms with Crippen molar-refractivity contribution >= 4 is 28.4 Å². The zero-order chi connectivity index (χ0) is 12.5. The molecule has 0 aliphatic rings. The Labute approximate surface area is 104 Å². The average molecular weight is 344 g/mol. The van der Waals surface area contributed by atoms with Gasteiger partial charge in [0.1, 0.15) is 11.3 Å². The van der Waals surface area contributed by atoms with Gasteiger partial charge in [-0.25, -0.2) is 0 Å². The molecule has 1 aromatic carbocycles. The molecule has 0 aliphatic carbocycles. The molecule has 1 aromatic rings. The highest BCUT2D eigenvalue weighted by Gasteiger charge is 2.39. The Morgan fingerprint density at radius 2 is 1.94 bits per heavy atom. The van der Waals surface area contributed by atoms with Crippen molar-refractivity contribution < 1.29 is 22.7 Å². The molecular formula is C10H8F3IO2. The summed E-state index contributed by atoms with van der Waals surface area (Å²) in [6, 6.07) is 2.58. The third-order valence-electron chi connectivity index (χ3n) is 1.98. The van der Waals surface area contributed by atoms with Gasteiger partial charge in [-0.15, -0.1) is 0 Å². The summed E-state index contributed by atoms with van der Waals surface area (Å²) in [6.45, 7) is 1.09. The zero-order valence-corrected chi connectivity index (χ0v) is 10.6. The number of carbonyl (C=O) groups excluding carboxylic acids is 1. The Bertz CT molecular complexity index is 427. The predicted molar refractivity (Wildman–Crippen MR) is 60.7 cm³/mol. The zero-order valence-electron chi connectivity index (χ0n) is 8.48. The molecule has 6 heteroatoms. The summed E-state index contributed by atoms with van der Waals surface area (Å²) in [6.07, 6.45) is -4.60. The Morgan fingerprint density at radius 3 is 2.31 bits per heavy atom. The molecule has 0 unspecified atom stereocenters. The molecule has 0 bridgehead atoms. The minimum absolute atomic E-state index is 0.305. The first-order valence-electron chi connectivity index (χ1n) is 4.23. The number of halogens is 4. The highest BCUT2D eigenvalue weighted by Crippen LogP contribution is 2.41. The van der Waals surface area contributed by atoms with Crippen LogP contribution in [0.1, 0.15) is 22.8 Å². The average Bonchev–Trinajstić information content (AvgIpc) is 2.15. The van der Waals surface area contributed by atoms with E-state index >= 15 is 0 Å². The van der Waals surface area contributed by atoms with Gasteiger partial charge >= 0.3 is 6.18 Å². The molecule has 88 valence electrons. The maximum atomic E-state index is 12.8. The number of Topliss-reactive ketones (excluding diaryl/α,β-unsaturated/α-hetero) is 1. The van der Waals surface area contributed by atoms with E-state index in [9.17, 15) is 18.0 Å². The van der Waals surface area contributed by atoms with Gasteiger partial charge in [0.2, 0.25) is 0 Å². The molecule has 2 nitrogen and oxygen atoms in total. The number of rotatable bonds is 2. The quantitative estimate of drug-likeness (QED) is 0.606. The van der Waals surface area contributed by atoms with Crippen LogP contribution in [0.25, 0.3) is 0 Å². The van der Waals surface area contributed by atoms with Gasteiger partial charge in [-0.1, -0.05) is 0 Å². The van der Waals surface area contributed by atoms with Crippen molar-refractivity contribution in [3.05, 3.63) is 26.8 Å². The van der Waals surface area contributed by atoms with Crippen LogP contribution in [0.4, 0.5) is 13.2 Å². The van der Waals surface area contributed by atoms with Gasteiger partial charge in [-0.3, -0.25) is 4.79 Å². The van der Waals surface area contributed by atoms with Gasteiger partial charge in [0.25, 0.3) is 0 Å².